The van der Waals surface area contributed by atoms with Gasteiger partial charge in [0.2, 0.25) is 5.95 Å². The third-order valence-electron chi connectivity index (χ3n) is 6.61. The highest BCUT2D eigenvalue weighted by molar-refractivity contribution is 7.69. The van der Waals surface area contributed by atoms with Crippen molar-refractivity contribution >= 4 is 35.8 Å². The molecule has 0 fully saturated rings. The molecule has 2 aliphatic rings. The molecular weight excluding hydrogens is 445 g/mol. The van der Waals surface area contributed by atoms with Crippen LogP contribution in [0, 0.1) is 11.3 Å². The van der Waals surface area contributed by atoms with Crippen LogP contribution in [-0.4, -0.2) is 46.8 Å². The van der Waals surface area contributed by atoms with Crippen molar-refractivity contribution in [3.63, 3.8) is 0 Å². The highest BCUT2D eigenvalue weighted by Gasteiger charge is 2.40. The standard InChI is InChI=1S/C25H28N7OP/c1-25-9-8-16-10-19(11-17(22(16)25)14-32(2)15-25)28-24-27-13-18(12-26)23(31-24)30-20-6-5-7-21(29-20)34(3,4)33/h5-7,10-11,13H,8-9,14-15H2,1-4H3,(H2,27,28,29,30,31). The predicted molar refractivity (Wildman–Crippen MR) is 135 cm³/mol. The molecule has 1 atom stereocenters. The van der Waals surface area contributed by atoms with Gasteiger partial charge in [0.1, 0.15) is 30.0 Å². The number of anilines is 4. The molecule has 3 heterocycles. The molecule has 0 saturated heterocycles. The van der Waals surface area contributed by atoms with Gasteiger partial charge in [0, 0.05) is 24.2 Å². The van der Waals surface area contributed by atoms with Crippen molar-refractivity contribution in [2.24, 2.45) is 0 Å². The van der Waals surface area contributed by atoms with Crippen LogP contribution in [0.15, 0.2) is 36.5 Å². The molecule has 8 nitrogen and oxygen atoms in total. The lowest BCUT2D eigenvalue weighted by Crippen LogP contribution is -2.40. The summed E-state index contributed by atoms with van der Waals surface area (Å²) in [5, 5.41) is 16.0. The third-order valence-corrected chi connectivity index (χ3v) is 7.96. The summed E-state index contributed by atoms with van der Waals surface area (Å²) in [6, 6.07) is 11.8. The summed E-state index contributed by atoms with van der Waals surface area (Å²) in [4.78, 5) is 15.7. The van der Waals surface area contributed by atoms with E-state index in [1.165, 1.54) is 29.3 Å². The summed E-state index contributed by atoms with van der Waals surface area (Å²) in [7, 11) is -0.339. The second-order valence-electron chi connectivity index (χ2n) is 9.95. The summed E-state index contributed by atoms with van der Waals surface area (Å²) in [5.74, 6) is 1.22. The SMILES string of the molecule is CN1Cc2cc(Nc3ncc(C#N)c(Nc4cccc(P(C)(C)=O)n4)n3)cc3c2C(C)(CC3)C1. The topological polar surface area (TPSA) is 107 Å². The fraction of sp³-hybridized carbons (Fsp3) is 0.360. The van der Waals surface area contributed by atoms with Crippen LogP contribution >= 0.6 is 7.14 Å². The van der Waals surface area contributed by atoms with E-state index in [0.717, 1.165) is 25.2 Å². The summed E-state index contributed by atoms with van der Waals surface area (Å²) >= 11 is 0. The molecule has 1 aromatic carbocycles. The Bertz CT molecular complexity index is 1380. The van der Waals surface area contributed by atoms with Crippen LogP contribution in [0.1, 0.15) is 35.6 Å². The van der Waals surface area contributed by atoms with E-state index >= 15 is 0 Å². The van der Waals surface area contributed by atoms with Crippen LogP contribution in [0.4, 0.5) is 23.3 Å². The Hall–Kier alpha value is -3.27. The first-order chi connectivity index (χ1) is 16.1. The van der Waals surface area contributed by atoms with E-state index in [4.69, 9.17) is 0 Å². The lowest BCUT2D eigenvalue weighted by atomic mass is 9.78. The second kappa shape index (κ2) is 8.19. The number of hydrogen-bond donors (Lipinski definition) is 2. The lowest BCUT2D eigenvalue weighted by molar-refractivity contribution is 0.224. The summed E-state index contributed by atoms with van der Waals surface area (Å²) in [6.45, 7) is 7.74. The molecule has 1 unspecified atom stereocenters. The minimum Gasteiger partial charge on any atom is -0.324 e. The van der Waals surface area contributed by atoms with Gasteiger partial charge in [-0.2, -0.15) is 10.2 Å². The maximum atomic E-state index is 12.4. The van der Waals surface area contributed by atoms with E-state index in [0.29, 0.717) is 28.6 Å². The number of rotatable bonds is 5. The van der Waals surface area contributed by atoms with Gasteiger partial charge in [-0.05, 0) is 74.2 Å². The molecule has 174 valence electrons. The van der Waals surface area contributed by atoms with Crippen LogP contribution in [0.25, 0.3) is 0 Å². The van der Waals surface area contributed by atoms with Gasteiger partial charge in [0.05, 0.1) is 6.20 Å². The van der Waals surface area contributed by atoms with E-state index in [1.54, 1.807) is 31.5 Å². The first kappa shape index (κ1) is 22.5. The van der Waals surface area contributed by atoms with Gasteiger partial charge in [-0.15, -0.1) is 0 Å². The monoisotopic (exact) mass is 473 g/mol. The molecule has 34 heavy (non-hydrogen) atoms. The normalized spacial score (nSPS) is 19.4. The van der Waals surface area contributed by atoms with Crippen LogP contribution in [0.5, 0.6) is 0 Å². The molecule has 9 heteroatoms. The van der Waals surface area contributed by atoms with Crippen molar-refractivity contribution in [3.05, 3.63) is 58.8 Å². The van der Waals surface area contributed by atoms with Gasteiger partial charge in [0.25, 0.3) is 0 Å². The number of aromatic nitrogens is 3. The zero-order valence-electron chi connectivity index (χ0n) is 19.9. The molecular formula is C25H28N7OP. The van der Waals surface area contributed by atoms with Gasteiger partial charge in [0.15, 0.2) is 5.82 Å². The molecule has 2 N–H and O–H groups in total. The fourth-order valence-electron chi connectivity index (χ4n) is 5.24. The Morgan fingerprint density at radius 1 is 1.18 bits per heavy atom. The van der Waals surface area contributed by atoms with Crippen molar-refractivity contribution in [2.45, 2.75) is 31.7 Å². The first-order valence-corrected chi connectivity index (χ1v) is 13.9. The van der Waals surface area contributed by atoms with Crippen LogP contribution < -0.4 is 16.1 Å². The first-order valence-electron chi connectivity index (χ1n) is 11.3. The highest BCUT2D eigenvalue weighted by atomic mass is 31.2. The Morgan fingerprint density at radius 2 is 1.97 bits per heavy atom. The van der Waals surface area contributed by atoms with E-state index < -0.39 is 7.14 Å². The van der Waals surface area contributed by atoms with Crippen LogP contribution in [-0.2, 0) is 22.9 Å². The van der Waals surface area contributed by atoms with Crippen molar-refractivity contribution in [3.8, 4) is 6.07 Å². The number of nitrogens with zero attached hydrogens (tertiary/aromatic N) is 5. The predicted octanol–water partition coefficient (Wildman–Crippen LogP) is 4.13. The molecule has 5 rings (SSSR count). The number of likely N-dealkylation sites (N-methyl/N-ethyl adjacent to an activating group) is 1. The van der Waals surface area contributed by atoms with Gasteiger partial charge in [-0.25, -0.2) is 9.97 Å². The molecule has 0 spiro atoms. The highest BCUT2D eigenvalue weighted by Crippen LogP contribution is 2.45. The molecule has 1 aliphatic carbocycles. The van der Waals surface area contributed by atoms with E-state index in [1.807, 2.05) is 0 Å². The van der Waals surface area contributed by atoms with E-state index in [2.05, 4.69) is 62.7 Å². The Labute approximate surface area is 199 Å². The zero-order chi connectivity index (χ0) is 24.1. The number of pyridine rings is 1. The average molecular weight is 474 g/mol. The van der Waals surface area contributed by atoms with Crippen LogP contribution in [0.2, 0.25) is 0 Å². The van der Waals surface area contributed by atoms with Gasteiger partial charge < -0.3 is 20.1 Å². The maximum Gasteiger partial charge on any atom is 0.229 e. The Kier molecular flexibility index (Phi) is 5.43. The number of benzene rings is 1. The van der Waals surface area contributed by atoms with Crippen molar-refractivity contribution in [1.29, 1.82) is 5.26 Å². The second-order valence-corrected chi connectivity index (χ2v) is 13.1. The summed E-state index contributed by atoms with van der Waals surface area (Å²) < 4.78 is 12.4. The fourth-order valence-corrected chi connectivity index (χ4v) is 6.03. The average Bonchev–Trinajstić information content (AvgIpc) is 3.10. The molecule has 0 saturated carbocycles. The van der Waals surface area contributed by atoms with Gasteiger partial charge in [-0.1, -0.05) is 13.0 Å². The third kappa shape index (κ3) is 4.18. The summed E-state index contributed by atoms with van der Waals surface area (Å²) in [6.07, 6.45) is 3.73. The summed E-state index contributed by atoms with van der Waals surface area (Å²) in [5.41, 5.74) is 6.25. The van der Waals surface area contributed by atoms with Crippen molar-refractivity contribution in [2.75, 3.05) is 37.6 Å². The molecule has 3 aromatic rings. The molecule has 0 amide bonds. The number of aryl methyl sites for hydroxylation is 1. The van der Waals surface area contributed by atoms with Crippen molar-refractivity contribution < 1.29 is 4.57 Å². The Morgan fingerprint density at radius 3 is 2.74 bits per heavy atom. The molecule has 1 aliphatic heterocycles. The molecule has 0 radical (unpaired) electrons. The number of nitriles is 1. The van der Waals surface area contributed by atoms with Gasteiger partial charge in [-0.3, -0.25) is 0 Å². The minimum absolute atomic E-state index is 0.223. The van der Waals surface area contributed by atoms with E-state index in [-0.39, 0.29) is 5.41 Å². The number of nitrogens with one attached hydrogen (secondary N) is 2. The Balaban J connectivity index is 1.45. The van der Waals surface area contributed by atoms with Gasteiger partial charge >= 0.3 is 0 Å². The lowest BCUT2D eigenvalue weighted by Gasteiger charge is -2.38. The molecule has 0 bridgehead atoms. The quantitative estimate of drug-likeness (QED) is 0.533. The maximum absolute atomic E-state index is 12.4. The van der Waals surface area contributed by atoms with Crippen LogP contribution in [0.3, 0.4) is 0 Å². The molecule has 2 aromatic heterocycles. The smallest absolute Gasteiger partial charge is 0.229 e. The zero-order valence-corrected chi connectivity index (χ0v) is 20.8. The minimum atomic E-state index is -2.51. The van der Waals surface area contributed by atoms with E-state index in [9.17, 15) is 9.83 Å². The largest absolute Gasteiger partial charge is 0.324 e. The van der Waals surface area contributed by atoms with Crippen molar-refractivity contribution in [1.82, 2.24) is 19.9 Å². The number of hydrogen-bond acceptors (Lipinski definition) is 8.